The molecule has 0 spiro atoms. The summed E-state index contributed by atoms with van der Waals surface area (Å²) in [5.74, 6) is 2.10. The molecule has 2 heterocycles. The fourth-order valence-electron chi connectivity index (χ4n) is 3.23. The second-order valence-corrected chi connectivity index (χ2v) is 8.92. The number of thiophene rings is 1. The molecule has 0 aliphatic carbocycles. The predicted molar refractivity (Wildman–Crippen MR) is 131 cm³/mol. The largest absolute Gasteiger partial charge is 0.495 e. The molecule has 0 bridgehead atoms. The van der Waals surface area contributed by atoms with Gasteiger partial charge in [-0.1, -0.05) is 42.1 Å². The Morgan fingerprint density at radius 3 is 2.61 bits per heavy atom. The summed E-state index contributed by atoms with van der Waals surface area (Å²) >= 11 is 3.20. The lowest BCUT2D eigenvalue weighted by atomic mass is 10.1. The molecule has 0 aliphatic heterocycles. The van der Waals surface area contributed by atoms with Crippen molar-refractivity contribution in [1.82, 2.24) is 20.1 Å². The van der Waals surface area contributed by atoms with Crippen LogP contribution in [0.15, 0.2) is 71.2 Å². The summed E-state index contributed by atoms with van der Waals surface area (Å²) in [7, 11) is 3.27. The molecule has 0 radical (unpaired) electrons. The van der Waals surface area contributed by atoms with Crippen LogP contribution in [0.25, 0.3) is 16.4 Å². The third-order valence-electron chi connectivity index (χ3n) is 4.88. The van der Waals surface area contributed by atoms with Crippen molar-refractivity contribution < 1.29 is 14.3 Å². The van der Waals surface area contributed by atoms with Crippen LogP contribution in [-0.4, -0.2) is 48.0 Å². The van der Waals surface area contributed by atoms with E-state index in [0.717, 1.165) is 32.9 Å². The number of rotatable bonds is 10. The van der Waals surface area contributed by atoms with Crippen molar-refractivity contribution in [3.8, 4) is 22.1 Å². The average Bonchev–Trinajstić information content (AvgIpc) is 3.53. The zero-order valence-corrected chi connectivity index (χ0v) is 20.0. The van der Waals surface area contributed by atoms with Gasteiger partial charge in [-0.05, 0) is 41.3 Å². The first-order valence-electron chi connectivity index (χ1n) is 10.3. The number of amides is 1. The molecule has 1 N–H and O–H groups in total. The predicted octanol–water partition coefficient (Wildman–Crippen LogP) is 4.67. The van der Waals surface area contributed by atoms with Crippen molar-refractivity contribution in [2.75, 3.05) is 27.4 Å². The van der Waals surface area contributed by atoms with Gasteiger partial charge in [-0.3, -0.25) is 9.36 Å². The summed E-state index contributed by atoms with van der Waals surface area (Å²) in [4.78, 5) is 13.2. The Kier molecular flexibility index (Phi) is 7.77. The van der Waals surface area contributed by atoms with E-state index in [-0.39, 0.29) is 5.91 Å². The number of benzene rings is 2. The number of nitrogens with zero attached hydrogens (tertiary/aromatic N) is 3. The SMILES string of the molecule is COCCNC(=O)c1ccc(CSc2nnc(-c3cccs3)n2-c2ccccc2OC)cc1. The van der Waals surface area contributed by atoms with E-state index in [9.17, 15) is 4.79 Å². The highest BCUT2D eigenvalue weighted by Gasteiger charge is 2.19. The second-order valence-electron chi connectivity index (χ2n) is 7.03. The fourth-order valence-corrected chi connectivity index (χ4v) is 4.83. The minimum Gasteiger partial charge on any atom is -0.495 e. The van der Waals surface area contributed by atoms with Gasteiger partial charge in [0.2, 0.25) is 0 Å². The molecule has 0 aliphatic rings. The van der Waals surface area contributed by atoms with Gasteiger partial charge < -0.3 is 14.8 Å². The number of carbonyl (C=O) groups is 1. The summed E-state index contributed by atoms with van der Waals surface area (Å²) in [5.41, 5.74) is 2.59. The molecule has 4 aromatic rings. The van der Waals surface area contributed by atoms with Gasteiger partial charge in [0.15, 0.2) is 11.0 Å². The minimum absolute atomic E-state index is 0.109. The summed E-state index contributed by atoms with van der Waals surface area (Å²) in [6.45, 7) is 0.971. The highest BCUT2D eigenvalue weighted by molar-refractivity contribution is 7.98. The quantitative estimate of drug-likeness (QED) is 0.262. The molecule has 0 atom stereocenters. The maximum Gasteiger partial charge on any atom is 0.251 e. The smallest absolute Gasteiger partial charge is 0.251 e. The Hall–Kier alpha value is -3.14. The number of carbonyl (C=O) groups excluding carboxylic acids is 1. The lowest BCUT2D eigenvalue weighted by Gasteiger charge is -2.13. The summed E-state index contributed by atoms with van der Waals surface area (Å²) in [6, 6.07) is 19.5. The van der Waals surface area contributed by atoms with Crippen molar-refractivity contribution >= 4 is 29.0 Å². The zero-order valence-electron chi connectivity index (χ0n) is 18.4. The molecule has 170 valence electrons. The molecule has 0 unspecified atom stereocenters. The van der Waals surface area contributed by atoms with Gasteiger partial charge in [0.1, 0.15) is 5.75 Å². The third kappa shape index (κ3) is 5.44. The second kappa shape index (κ2) is 11.1. The van der Waals surface area contributed by atoms with Gasteiger partial charge in [0.25, 0.3) is 5.91 Å². The first kappa shape index (κ1) is 23.0. The molecule has 33 heavy (non-hydrogen) atoms. The van der Waals surface area contributed by atoms with Gasteiger partial charge >= 0.3 is 0 Å². The molecule has 0 saturated carbocycles. The number of aromatic nitrogens is 3. The van der Waals surface area contributed by atoms with E-state index in [1.807, 2.05) is 70.6 Å². The molecule has 4 rings (SSSR count). The summed E-state index contributed by atoms with van der Waals surface area (Å²) < 4.78 is 12.6. The van der Waals surface area contributed by atoms with Crippen LogP contribution < -0.4 is 10.1 Å². The van der Waals surface area contributed by atoms with Crippen LogP contribution >= 0.6 is 23.1 Å². The topological polar surface area (TPSA) is 78.3 Å². The van der Waals surface area contributed by atoms with Gasteiger partial charge in [0.05, 0.1) is 24.3 Å². The lowest BCUT2D eigenvalue weighted by Crippen LogP contribution is -2.26. The van der Waals surface area contributed by atoms with E-state index in [1.165, 1.54) is 0 Å². The van der Waals surface area contributed by atoms with Crippen molar-refractivity contribution in [2.45, 2.75) is 10.9 Å². The number of thioether (sulfide) groups is 1. The first-order chi connectivity index (χ1) is 16.2. The van der Waals surface area contributed by atoms with E-state index in [0.29, 0.717) is 24.5 Å². The van der Waals surface area contributed by atoms with E-state index < -0.39 is 0 Å². The van der Waals surface area contributed by atoms with Crippen molar-refractivity contribution in [1.29, 1.82) is 0 Å². The van der Waals surface area contributed by atoms with Gasteiger partial charge in [-0.25, -0.2) is 0 Å². The Labute approximate surface area is 200 Å². The van der Waals surface area contributed by atoms with Crippen molar-refractivity contribution in [3.05, 3.63) is 77.2 Å². The molecule has 2 aromatic heterocycles. The normalized spacial score (nSPS) is 10.8. The molecule has 0 saturated heterocycles. The van der Waals surface area contributed by atoms with Crippen LogP contribution in [0.1, 0.15) is 15.9 Å². The number of ether oxygens (including phenoxy) is 2. The summed E-state index contributed by atoms with van der Waals surface area (Å²) in [5, 5.41) is 14.6. The van der Waals surface area contributed by atoms with Crippen LogP contribution in [0, 0.1) is 0 Å². The van der Waals surface area contributed by atoms with Crippen molar-refractivity contribution in [2.24, 2.45) is 0 Å². The number of para-hydroxylation sites is 2. The number of nitrogens with one attached hydrogen (secondary N) is 1. The third-order valence-corrected chi connectivity index (χ3v) is 6.74. The number of hydrogen-bond acceptors (Lipinski definition) is 7. The highest BCUT2D eigenvalue weighted by atomic mass is 32.2. The van der Waals surface area contributed by atoms with E-state index in [4.69, 9.17) is 9.47 Å². The van der Waals surface area contributed by atoms with Crippen LogP contribution in [0.4, 0.5) is 0 Å². The molecule has 7 nitrogen and oxygen atoms in total. The van der Waals surface area contributed by atoms with E-state index in [1.54, 1.807) is 37.3 Å². The van der Waals surface area contributed by atoms with Crippen molar-refractivity contribution in [3.63, 3.8) is 0 Å². The van der Waals surface area contributed by atoms with Crippen LogP contribution in [0.2, 0.25) is 0 Å². The van der Waals surface area contributed by atoms with E-state index in [2.05, 4.69) is 15.5 Å². The molecule has 1 amide bonds. The fraction of sp³-hybridized carbons (Fsp3) is 0.208. The van der Waals surface area contributed by atoms with Crippen LogP contribution in [0.5, 0.6) is 5.75 Å². The van der Waals surface area contributed by atoms with E-state index >= 15 is 0 Å². The maximum atomic E-state index is 12.2. The summed E-state index contributed by atoms with van der Waals surface area (Å²) in [6.07, 6.45) is 0. The Balaban J connectivity index is 1.55. The van der Waals surface area contributed by atoms with Gasteiger partial charge in [0, 0.05) is 25.0 Å². The highest BCUT2D eigenvalue weighted by Crippen LogP contribution is 2.34. The number of hydrogen-bond donors (Lipinski definition) is 1. The maximum absolute atomic E-state index is 12.2. The average molecular weight is 481 g/mol. The Bertz CT molecular complexity index is 1190. The lowest BCUT2D eigenvalue weighted by molar-refractivity contribution is 0.0937. The van der Waals surface area contributed by atoms with Gasteiger partial charge in [-0.2, -0.15) is 0 Å². The molecule has 9 heteroatoms. The van der Waals surface area contributed by atoms with Gasteiger partial charge in [-0.15, -0.1) is 21.5 Å². The first-order valence-corrected chi connectivity index (χ1v) is 12.2. The molecular weight excluding hydrogens is 456 g/mol. The molecule has 2 aromatic carbocycles. The molecular formula is C24H24N4O3S2. The number of methoxy groups -OCH3 is 2. The minimum atomic E-state index is -0.109. The monoisotopic (exact) mass is 480 g/mol. The Morgan fingerprint density at radius 1 is 1.06 bits per heavy atom. The standard InChI is InChI=1S/C24H24N4O3S2/c1-30-14-13-25-23(29)18-11-9-17(10-12-18)16-33-24-27-26-22(21-8-5-15-32-21)28(24)19-6-3-4-7-20(19)31-2/h3-12,15H,13-14,16H2,1-2H3,(H,25,29). The van der Waals surface area contributed by atoms with Crippen LogP contribution in [-0.2, 0) is 10.5 Å². The zero-order chi connectivity index (χ0) is 23.0. The Morgan fingerprint density at radius 2 is 1.88 bits per heavy atom. The van der Waals surface area contributed by atoms with Crippen LogP contribution in [0.3, 0.4) is 0 Å². The molecule has 0 fully saturated rings.